The molecule has 4 atom stereocenters. The highest BCUT2D eigenvalue weighted by Gasteiger charge is 2.53. The number of alkyl halides is 2. The average Bonchev–Trinajstić information content (AvgIpc) is 3.25. The van der Waals surface area contributed by atoms with Crippen molar-refractivity contribution in [2.24, 2.45) is 17.8 Å². The Balaban J connectivity index is 1.58. The van der Waals surface area contributed by atoms with Gasteiger partial charge in [0.05, 0.1) is 4.90 Å². The van der Waals surface area contributed by atoms with E-state index in [9.17, 15) is 17.2 Å². The van der Waals surface area contributed by atoms with Crippen LogP contribution in [0, 0.1) is 17.8 Å². The Labute approximate surface area is 176 Å². The predicted octanol–water partition coefficient (Wildman–Crippen LogP) is 2.74. The minimum absolute atomic E-state index is 0.0385. The number of rotatable bonds is 7. The minimum Gasteiger partial charge on any atom is -0.435 e. The van der Waals surface area contributed by atoms with Crippen LogP contribution in [-0.4, -0.2) is 64.7 Å². The molecule has 1 saturated carbocycles. The normalized spacial score (nSPS) is 30.7. The highest BCUT2D eigenvalue weighted by Crippen LogP contribution is 2.46. The zero-order valence-electron chi connectivity index (χ0n) is 17.2. The second-order valence-corrected chi connectivity index (χ2v) is 10.7. The summed E-state index contributed by atoms with van der Waals surface area (Å²) in [6, 6.07) is 5.72. The van der Waals surface area contributed by atoms with E-state index in [1.807, 2.05) is 7.05 Å². The van der Waals surface area contributed by atoms with Crippen LogP contribution < -0.4 is 10.1 Å². The summed E-state index contributed by atoms with van der Waals surface area (Å²) in [5, 5.41) is 2.73. The third-order valence-corrected chi connectivity index (χ3v) is 9.09. The lowest BCUT2D eigenvalue weighted by Crippen LogP contribution is -2.43. The molecule has 2 heterocycles. The zero-order valence-corrected chi connectivity index (χ0v) is 18.0. The largest absolute Gasteiger partial charge is 0.435 e. The first-order chi connectivity index (χ1) is 14.4. The van der Waals surface area contributed by atoms with Gasteiger partial charge < -0.3 is 14.8 Å². The van der Waals surface area contributed by atoms with Gasteiger partial charge in [-0.2, -0.15) is 8.78 Å². The first-order valence-electron chi connectivity index (χ1n) is 10.7. The fraction of sp³-hybridized carbons (Fsp3) is 0.714. The molecule has 2 saturated heterocycles. The molecule has 1 aromatic carbocycles. The maximum absolute atomic E-state index is 13.7. The Morgan fingerprint density at radius 3 is 2.53 bits per heavy atom. The van der Waals surface area contributed by atoms with Crippen molar-refractivity contribution in [2.75, 3.05) is 33.4 Å². The Bertz CT molecular complexity index is 815. The lowest BCUT2D eigenvalue weighted by Gasteiger charge is -2.33. The number of hydrogen-bond acceptors (Lipinski definition) is 6. The minimum atomic E-state index is -3.65. The van der Waals surface area contributed by atoms with Gasteiger partial charge in [-0.25, -0.2) is 8.42 Å². The average molecular weight is 445 g/mol. The Morgan fingerprint density at radius 1 is 1.20 bits per heavy atom. The third kappa shape index (κ3) is 4.49. The molecule has 2 aliphatic heterocycles. The van der Waals surface area contributed by atoms with Crippen molar-refractivity contribution < 1.29 is 26.7 Å². The van der Waals surface area contributed by atoms with Crippen LogP contribution in [0.15, 0.2) is 29.2 Å². The van der Waals surface area contributed by atoms with Crippen molar-refractivity contribution in [3.63, 3.8) is 0 Å². The molecule has 168 valence electrons. The van der Waals surface area contributed by atoms with Crippen LogP contribution in [0.1, 0.15) is 25.7 Å². The van der Waals surface area contributed by atoms with Gasteiger partial charge in [-0.1, -0.05) is 0 Å². The maximum Gasteiger partial charge on any atom is 0.387 e. The molecule has 30 heavy (non-hydrogen) atoms. The molecule has 0 bridgehead atoms. The summed E-state index contributed by atoms with van der Waals surface area (Å²) >= 11 is 0. The summed E-state index contributed by atoms with van der Waals surface area (Å²) in [5.74, 6) is 0.827. The van der Waals surface area contributed by atoms with E-state index in [0.717, 1.165) is 52.0 Å². The number of hydrogen-bond donors (Lipinski definition) is 1. The molecule has 0 unspecified atom stereocenters. The van der Waals surface area contributed by atoms with Gasteiger partial charge in [-0.05, 0) is 74.8 Å². The van der Waals surface area contributed by atoms with Crippen LogP contribution in [-0.2, 0) is 14.6 Å². The van der Waals surface area contributed by atoms with E-state index in [4.69, 9.17) is 4.74 Å². The second-order valence-electron chi connectivity index (χ2n) is 8.68. The van der Waals surface area contributed by atoms with Crippen molar-refractivity contribution in [1.82, 2.24) is 10.2 Å². The topological polar surface area (TPSA) is 67.9 Å². The van der Waals surface area contributed by atoms with E-state index < -0.39 is 21.8 Å². The quantitative estimate of drug-likeness (QED) is 0.698. The fourth-order valence-electron chi connectivity index (χ4n) is 5.44. The standard InChI is InChI=1S/C21H30F2N2O4S/c1-24-16-10-15-13-25(12-14-6-8-28-9-7-14)20(19(15)11-16)30(26,27)18-4-2-17(3-5-18)29-21(22)23/h2-5,14-16,19-21,24H,6-13H2,1H3/t15-,16+,19+,20+/m1/s1. The lowest BCUT2D eigenvalue weighted by atomic mass is 10.00. The molecule has 1 aliphatic carbocycles. The van der Waals surface area contributed by atoms with E-state index in [2.05, 4.69) is 15.0 Å². The van der Waals surface area contributed by atoms with Gasteiger partial charge in [0, 0.05) is 32.3 Å². The van der Waals surface area contributed by atoms with Gasteiger partial charge >= 0.3 is 6.61 Å². The van der Waals surface area contributed by atoms with Crippen molar-refractivity contribution in [2.45, 2.75) is 48.6 Å². The molecule has 3 fully saturated rings. The van der Waals surface area contributed by atoms with Crippen LogP contribution in [0.3, 0.4) is 0 Å². The van der Waals surface area contributed by atoms with E-state index >= 15 is 0 Å². The number of halogens is 2. The maximum atomic E-state index is 13.7. The summed E-state index contributed by atoms with van der Waals surface area (Å²) in [6.07, 6.45) is 3.73. The van der Waals surface area contributed by atoms with Crippen molar-refractivity contribution >= 4 is 9.84 Å². The number of nitrogens with one attached hydrogen (secondary N) is 1. The van der Waals surface area contributed by atoms with Gasteiger partial charge in [0.15, 0.2) is 9.84 Å². The third-order valence-electron chi connectivity index (χ3n) is 6.88. The smallest absolute Gasteiger partial charge is 0.387 e. The summed E-state index contributed by atoms with van der Waals surface area (Å²) in [4.78, 5) is 2.33. The Morgan fingerprint density at radius 2 is 1.90 bits per heavy atom. The number of fused-ring (bicyclic) bond motifs is 1. The highest BCUT2D eigenvalue weighted by atomic mass is 32.2. The van der Waals surface area contributed by atoms with Crippen LogP contribution in [0.4, 0.5) is 8.78 Å². The zero-order chi connectivity index (χ0) is 21.3. The Kier molecular flexibility index (Phi) is 6.62. The van der Waals surface area contributed by atoms with E-state index in [0.29, 0.717) is 17.9 Å². The van der Waals surface area contributed by atoms with Crippen LogP contribution in [0.25, 0.3) is 0 Å². The summed E-state index contributed by atoms with van der Waals surface area (Å²) < 4.78 is 62.1. The summed E-state index contributed by atoms with van der Waals surface area (Å²) in [7, 11) is -1.72. The van der Waals surface area contributed by atoms with Crippen LogP contribution >= 0.6 is 0 Å². The highest BCUT2D eigenvalue weighted by molar-refractivity contribution is 7.92. The fourth-order valence-corrected chi connectivity index (χ4v) is 7.60. The van der Waals surface area contributed by atoms with Crippen LogP contribution in [0.2, 0.25) is 0 Å². The van der Waals surface area contributed by atoms with E-state index in [1.165, 1.54) is 24.3 Å². The molecule has 9 heteroatoms. The van der Waals surface area contributed by atoms with Gasteiger partial charge in [-0.3, -0.25) is 4.90 Å². The number of sulfone groups is 1. The lowest BCUT2D eigenvalue weighted by molar-refractivity contribution is -0.0498. The van der Waals surface area contributed by atoms with Gasteiger partial charge in [0.1, 0.15) is 11.1 Å². The van der Waals surface area contributed by atoms with Crippen molar-refractivity contribution in [3.8, 4) is 5.75 Å². The summed E-state index contributed by atoms with van der Waals surface area (Å²) in [5.41, 5.74) is 0. The molecule has 0 aromatic heterocycles. The molecule has 4 rings (SSSR count). The molecule has 0 amide bonds. The molecule has 0 radical (unpaired) electrons. The van der Waals surface area contributed by atoms with Crippen molar-refractivity contribution in [3.05, 3.63) is 24.3 Å². The molecular formula is C21H30F2N2O4S. The Hall–Kier alpha value is -1.29. The predicted molar refractivity (Wildman–Crippen MR) is 108 cm³/mol. The van der Waals surface area contributed by atoms with E-state index in [-0.39, 0.29) is 16.6 Å². The number of ether oxygens (including phenoxy) is 2. The van der Waals surface area contributed by atoms with Crippen LogP contribution in [0.5, 0.6) is 5.75 Å². The number of benzene rings is 1. The summed E-state index contributed by atoms with van der Waals surface area (Å²) in [6.45, 7) is 0.0788. The molecule has 1 aromatic rings. The van der Waals surface area contributed by atoms with Gasteiger partial charge in [0.2, 0.25) is 0 Å². The number of nitrogens with zero attached hydrogens (tertiary/aromatic N) is 1. The monoisotopic (exact) mass is 444 g/mol. The molecule has 6 nitrogen and oxygen atoms in total. The van der Waals surface area contributed by atoms with E-state index in [1.54, 1.807) is 0 Å². The first-order valence-corrected chi connectivity index (χ1v) is 12.2. The molecule has 0 spiro atoms. The SMILES string of the molecule is CN[C@H]1C[C@@H]2CN(CC3CCOCC3)[C@@H](S(=O)(=O)c3ccc(OC(F)F)cc3)[C@H]2C1. The molecular weight excluding hydrogens is 414 g/mol. The molecule has 3 aliphatic rings. The molecule has 1 N–H and O–H groups in total. The number of likely N-dealkylation sites (tertiary alicyclic amines) is 1. The van der Waals surface area contributed by atoms with Gasteiger partial charge in [0.25, 0.3) is 0 Å². The second kappa shape index (κ2) is 9.06. The first kappa shape index (κ1) is 21.9. The van der Waals surface area contributed by atoms with Gasteiger partial charge in [-0.15, -0.1) is 0 Å². The van der Waals surface area contributed by atoms with Crippen molar-refractivity contribution in [1.29, 1.82) is 0 Å².